The Hall–Kier alpha value is -2.12. The van der Waals surface area contributed by atoms with E-state index in [1.165, 1.54) is 82.2 Å². The van der Waals surface area contributed by atoms with Crippen LogP contribution in [0.25, 0.3) is 0 Å². The Labute approximate surface area is 178 Å². The zero-order chi connectivity index (χ0) is 20.9. The van der Waals surface area contributed by atoms with Gasteiger partial charge in [-0.05, 0) is 70.5 Å². The van der Waals surface area contributed by atoms with Crippen LogP contribution in [0, 0.1) is 5.92 Å². The molecular formula is C23H35NO6. The van der Waals surface area contributed by atoms with Gasteiger partial charge in [-0.2, -0.15) is 0 Å². The van der Waals surface area contributed by atoms with Gasteiger partial charge in [0.15, 0.2) is 0 Å². The van der Waals surface area contributed by atoms with Crippen molar-refractivity contribution in [3.8, 4) is 5.75 Å². The molecule has 1 heterocycles. The van der Waals surface area contributed by atoms with E-state index in [1.54, 1.807) is 0 Å². The first-order valence-electron chi connectivity index (χ1n) is 10.8. The van der Waals surface area contributed by atoms with Crippen molar-refractivity contribution in [2.75, 3.05) is 20.1 Å². The smallest absolute Gasteiger partial charge is 0.414 e. The van der Waals surface area contributed by atoms with Gasteiger partial charge in [-0.15, -0.1) is 0 Å². The minimum absolute atomic E-state index is 0. The fraction of sp³-hybridized carbons (Fsp3) is 0.652. The van der Waals surface area contributed by atoms with Gasteiger partial charge < -0.3 is 25.3 Å². The molecule has 1 aromatic rings. The van der Waals surface area contributed by atoms with Crippen LogP contribution < -0.4 is 4.74 Å². The number of nitrogens with zero attached hydrogens (tertiary/aromatic N) is 1. The molecule has 0 amide bonds. The number of rotatable bonds is 6. The summed E-state index contributed by atoms with van der Waals surface area (Å²) in [5, 5.41) is 14.8. The average Bonchev–Trinajstić information content (AvgIpc) is 2.99. The van der Waals surface area contributed by atoms with Crippen molar-refractivity contribution >= 4 is 11.9 Å². The lowest BCUT2D eigenvalue weighted by molar-refractivity contribution is -0.159. The lowest BCUT2D eigenvalue weighted by Crippen LogP contribution is -2.41. The molecule has 168 valence electrons. The molecule has 2 fully saturated rings. The number of carbonyl (C=O) groups is 2. The summed E-state index contributed by atoms with van der Waals surface area (Å²) < 4.78 is 6.58. The molecule has 7 nitrogen and oxygen atoms in total. The van der Waals surface area contributed by atoms with E-state index in [0.29, 0.717) is 5.92 Å². The molecule has 4 rings (SSSR count). The van der Waals surface area contributed by atoms with E-state index in [1.807, 2.05) is 0 Å². The average molecular weight is 422 g/mol. The topological polar surface area (TPSA) is 119 Å². The Morgan fingerprint density at radius 3 is 2.43 bits per heavy atom. The molecule has 0 saturated heterocycles. The van der Waals surface area contributed by atoms with Crippen molar-refractivity contribution in [2.24, 2.45) is 5.92 Å². The van der Waals surface area contributed by atoms with Gasteiger partial charge in [-0.3, -0.25) is 0 Å². The molecular weight excluding hydrogens is 386 g/mol. The van der Waals surface area contributed by atoms with Crippen molar-refractivity contribution in [3.63, 3.8) is 0 Å². The van der Waals surface area contributed by atoms with Gasteiger partial charge in [0.1, 0.15) is 11.4 Å². The van der Waals surface area contributed by atoms with Crippen LogP contribution in [0.15, 0.2) is 24.3 Å². The zero-order valence-corrected chi connectivity index (χ0v) is 17.8. The van der Waals surface area contributed by atoms with E-state index in [0.717, 1.165) is 5.92 Å². The second kappa shape index (κ2) is 10.8. The SMILES string of the molecule is CN(CCC[C@@]12CCCC[C@@H]1c1ccccc1O2)CC1CCC1.O.O=C(O)C(=O)O. The molecule has 2 atom stereocenters. The first kappa shape index (κ1) is 24.2. The van der Waals surface area contributed by atoms with Gasteiger partial charge in [0.2, 0.25) is 0 Å². The van der Waals surface area contributed by atoms with Gasteiger partial charge in [0, 0.05) is 18.0 Å². The molecule has 2 aliphatic carbocycles. The quantitative estimate of drug-likeness (QED) is 0.680. The van der Waals surface area contributed by atoms with E-state index in [-0.39, 0.29) is 11.1 Å². The summed E-state index contributed by atoms with van der Waals surface area (Å²) in [6, 6.07) is 8.78. The molecule has 0 spiro atoms. The Kier molecular flexibility index (Phi) is 8.67. The van der Waals surface area contributed by atoms with Crippen LogP contribution in [0.1, 0.15) is 69.3 Å². The van der Waals surface area contributed by atoms with Crippen LogP contribution in [-0.4, -0.2) is 58.3 Å². The highest BCUT2D eigenvalue weighted by Gasteiger charge is 2.48. The number of hydrogen-bond acceptors (Lipinski definition) is 4. The first-order chi connectivity index (χ1) is 13.9. The molecule has 7 heteroatoms. The minimum Gasteiger partial charge on any atom is -0.486 e. The number of carboxylic acid groups (broad SMARTS) is 2. The third kappa shape index (κ3) is 5.73. The van der Waals surface area contributed by atoms with Gasteiger partial charge in [-0.1, -0.05) is 31.0 Å². The van der Waals surface area contributed by atoms with Crippen LogP contribution in [0.3, 0.4) is 0 Å². The van der Waals surface area contributed by atoms with E-state index in [4.69, 9.17) is 24.5 Å². The van der Waals surface area contributed by atoms with Crippen LogP contribution in [-0.2, 0) is 9.59 Å². The molecule has 4 N–H and O–H groups in total. The largest absolute Gasteiger partial charge is 0.486 e. The van der Waals surface area contributed by atoms with Crippen LogP contribution >= 0.6 is 0 Å². The van der Waals surface area contributed by atoms with Crippen molar-refractivity contribution in [1.82, 2.24) is 4.90 Å². The van der Waals surface area contributed by atoms with Gasteiger partial charge in [-0.25, -0.2) is 9.59 Å². The normalized spacial score (nSPS) is 24.3. The fourth-order valence-corrected chi connectivity index (χ4v) is 5.06. The van der Waals surface area contributed by atoms with Crippen molar-refractivity contribution in [1.29, 1.82) is 0 Å². The van der Waals surface area contributed by atoms with E-state index >= 15 is 0 Å². The second-order valence-corrected chi connectivity index (χ2v) is 8.78. The monoisotopic (exact) mass is 421 g/mol. The predicted molar refractivity (Wildman–Crippen MR) is 114 cm³/mol. The lowest BCUT2D eigenvalue weighted by Gasteiger charge is -2.39. The van der Waals surface area contributed by atoms with Crippen LogP contribution in [0.2, 0.25) is 0 Å². The first-order valence-corrected chi connectivity index (χ1v) is 10.8. The highest BCUT2D eigenvalue weighted by molar-refractivity contribution is 6.27. The van der Waals surface area contributed by atoms with Crippen molar-refractivity contribution in [2.45, 2.75) is 69.3 Å². The van der Waals surface area contributed by atoms with E-state index in [2.05, 4.69) is 36.2 Å². The molecule has 1 aliphatic heterocycles. The standard InChI is InChI=1S/C21H31NO.C2H2O4.H2O/c1-22(16-17-8-6-9-17)15-7-14-21-13-5-4-11-19(21)18-10-2-3-12-20(18)23-21;3-1(4)2(5)6;/h2-3,10,12,17,19H,4-9,11,13-16H2,1H3;(H,3,4)(H,5,6);1H2/t19-,21+;;/m1../s1. The number of benzene rings is 1. The molecule has 0 unspecified atom stereocenters. The predicted octanol–water partition coefficient (Wildman–Crippen LogP) is 3.32. The molecule has 3 aliphatic rings. The number of para-hydroxylation sites is 1. The molecule has 30 heavy (non-hydrogen) atoms. The highest BCUT2D eigenvalue weighted by Crippen LogP contribution is 2.53. The zero-order valence-electron chi connectivity index (χ0n) is 17.8. The second-order valence-electron chi connectivity index (χ2n) is 8.78. The van der Waals surface area contributed by atoms with Crippen molar-refractivity contribution < 1.29 is 30.0 Å². The van der Waals surface area contributed by atoms with Crippen LogP contribution in [0.4, 0.5) is 0 Å². The lowest BCUT2D eigenvalue weighted by atomic mass is 9.71. The summed E-state index contributed by atoms with van der Waals surface area (Å²) in [5.74, 6) is -0.857. The van der Waals surface area contributed by atoms with E-state index < -0.39 is 11.9 Å². The Balaban J connectivity index is 0.000000405. The summed E-state index contributed by atoms with van der Waals surface area (Å²) in [6.07, 6.45) is 12.1. The maximum atomic E-state index is 9.10. The number of hydrogen-bond donors (Lipinski definition) is 2. The summed E-state index contributed by atoms with van der Waals surface area (Å²) in [4.78, 5) is 20.8. The molecule has 0 aromatic heterocycles. The summed E-state index contributed by atoms with van der Waals surface area (Å²) in [7, 11) is 2.30. The van der Waals surface area contributed by atoms with Gasteiger partial charge >= 0.3 is 11.9 Å². The molecule has 1 aromatic carbocycles. The number of carboxylic acids is 2. The highest BCUT2D eigenvalue weighted by atomic mass is 16.5. The fourth-order valence-electron chi connectivity index (χ4n) is 5.06. The molecule has 2 saturated carbocycles. The Bertz CT molecular complexity index is 707. The third-order valence-corrected chi connectivity index (χ3v) is 6.70. The minimum atomic E-state index is -1.82. The summed E-state index contributed by atoms with van der Waals surface area (Å²) in [5.41, 5.74) is 1.59. The number of ether oxygens (including phenoxy) is 1. The molecule has 0 radical (unpaired) electrons. The Morgan fingerprint density at radius 2 is 1.80 bits per heavy atom. The Morgan fingerprint density at radius 1 is 1.10 bits per heavy atom. The van der Waals surface area contributed by atoms with Crippen molar-refractivity contribution in [3.05, 3.63) is 29.8 Å². The number of fused-ring (bicyclic) bond motifs is 3. The van der Waals surface area contributed by atoms with Crippen LogP contribution in [0.5, 0.6) is 5.75 Å². The maximum absolute atomic E-state index is 9.10. The number of aliphatic carboxylic acids is 2. The van der Waals surface area contributed by atoms with Gasteiger partial charge in [0.05, 0.1) is 0 Å². The maximum Gasteiger partial charge on any atom is 0.414 e. The molecule has 0 bridgehead atoms. The summed E-state index contributed by atoms with van der Waals surface area (Å²) >= 11 is 0. The van der Waals surface area contributed by atoms with E-state index in [9.17, 15) is 0 Å². The van der Waals surface area contributed by atoms with Gasteiger partial charge in [0.25, 0.3) is 0 Å². The summed E-state index contributed by atoms with van der Waals surface area (Å²) in [6.45, 7) is 2.53. The third-order valence-electron chi connectivity index (χ3n) is 6.70.